The smallest absolute Gasteiger partial charge is 0.282 e. The molecule has 0 saturated heterocycles. The van der Waals surface area contributed by atoms with Gasteiger partial charge in [0.05, 0.1) is 22.8 Å². The summed E-state index contributed by atoms with van der Waals surface area (Å²) in [6, 6.07) is 18.8. The average molecular weight is 371 g/mol. The van der Waals surface area contributed by atoms with Gasteiger partial charge in [-0.05, 0) is 17.2 Å². The lowest BCUT2D eigenvalue weighted by molar-refractivity contribution is -0.385. The largest absolute Gasteiger partial charge is 0.454 e. The van der Waals surface area contributed by atoms with E-state index in [1.807, 2.05) is 48.5 Å². The standard InChI is InChI=1S/C21H13N3O4/c25-24(26)18-10-20-19(27-12-28-20)9-13(18)11-22-23-21-16-7-3-1-5-14(16)15-6-2-4-8-17(15)21/h1-11H,12H2/b22-11+. The second-order valence-electron chi connectivity index (χ2n) is 6.31. The zero-order chi connectivity index (χ0) is 19.1. The zero-order valence-electron chi connectivity index (χ0n) is 14.5. The third-order valence-corrected chi connectivity index (χ3v) is 4.73. The minimum atomic E-state index is -0.476. The summed E-state index contributed by atoms with van der Waals surface area (Å²) in [4.78, 5) is 10.9. The molecule has 0 amide bonds. The first-order chi connectivity index (χ1) is 13.7. The normalized spacial score (nSPS) is 13.5. The van der Waals surface area contributed by atoms with Gasteiger partial charge >= 0.3 is 0 Å². The summed E-state index contributed by atoms with van der Waals surface area (Å²) in [5, 5.41) is 19.9. The van der Waals surface area contributed by atoms with Crippen molar-refractivity contribution < 1.29 is 14.4 Å². The van der Waals surface area contributed by atoms with E-state index in [1.165, 1.54) is 12.3 Å². The summed E-state index contributed by atoms with van der Waals surface area (Å²) < 4.78 is 10.5. The molecule has 5 rings (SSSR count). The summed E-state index contributed by atoms with van der Waals surface area (Å²) in [5.74, 6) is 0.810. The summed E-state index contributed by atoms with van der Waals surface area (Å²) >= 11 is 0. The summed E-state index contributed by atoms with van der Waals surface area (Å²) in [5.41, 5.74) is 5.11. The molecule has 0 unspecified atom stereocenters. The van der Waals surface area contributed by atoms with E-state index in [-0.39, 0.29) is 12.5 Å². The van der Waals surface area contributed by atoms with Gasteiger partial charge in [0.25, 0.3) is 5.69 Å². The highest BCUT2D eigenvalue weighted by molar-refractivity contribution is 6.24. The second-order valence-corrected chi connectivity index (χ2v) is 6.31. The van der Waals surface area contributed by atoms with Crippen LogP contribution in [0.3, 0.4) is 0 Å². The Morgan fingerprint density at radius 2 is 1.46 bits per heavy atom. The van der Waals surface area contributed by atoms with Crippen LogP contribution in [0.1, 0.15) is 16.7 Å². The SMILES string of the molecule is O=[N+]([O-])c1cc2c(cc1/C=N/N=C1c3ccccc3-c3ccccc31)OCO2. The number of hydrogen-bond acceptors (Lipinski definition) is 6. The molecule has 0 aromatic heterocycles. The van der Waals surface area contributed by atoms with E-state index in [4.69, 9.17) is 9.47 Å². The minimum absolute atomic E-state index is 0.0446. The predicted molar refractivity (Wildman–Crippen MR) is 104 cm³/mol. The fourth-order valence-electron chi connectivity index (χ4n) is 3.46. The minimum Gasteiger partial charge on any atom is -0.454 e. The van der Waals surface area contributed by atoms with Crippen LogP contribution in [0, 0.1) is 10.1 Å². The van der Waals surface area contributed by atoms with E-state index in [9.17, 15) is 10.1 Å². The van der Waals surface area contributed by atoms with Gasteiger partial charge in [-0.2, -0.15) is 5.10 Å². The first kappa shape index (κ1) is 16.2. The van der Waals surface area contributed by atoms with Crippen LogP contribution in [0.25, 0.3) is 11.1 Å². The van der Waals surface area contributed by atoms with Crippen molar-refractivity contribution in [2.24, 2.45) is 10.2 Å². The Bertz CT molecular complexity index is 1140. The lowest BCUT2D eigenvalue weighted by Crippen LogP contribution is -1.98. The number of ether oxygens (including phenoxy) is 2. The number of fused-ring (bicyclic) bond motifs is 4. The van der Waals surface area contributed by atoms with Gasteiger partial charge in [0, 0.05) is 11.1 Å². The molecule has 0 spiro atoms. The Hall–Kier alpha value is -4.00. The van der Waals surface area contributed by atoms with E-state index in [0.717, 1.165) is 28.0 Å². The molecule has 2 aliphatic rings. The zero-order valence-corrected chi connectivity index (χ0v) is 14.5. The van der Waals surface area contributed by atoms with Gasteiger partial charge in [-0.15, -0.1) is 5.10 Å². The molecule has 1 aliphatic heterocycles. The molecule has 3 aromatic rings. The third kappa shape index (κ3) is 2.52. The number of nitro benzene ring substituents is 1. The first-order valence-electron chi connectivity index (χ1n) is 8.60. The maximum absolute atomic E-state index is 11.4. The van der Waals surface area contributed by atoms with Crippen LogP contribution < -0.4 is 9.47 Å². The van der Waals surface area contributed by atoms with Crippen LogP contribution in [-0.4, -0.2) is 23.6 Å². The topological polar surface area (TPSA) is 86.3 Å². The number of hydrogen-bond donors (Lipinski definition) is 0. The molecule has 0 atom stereocenters. The van der Waals surface area contributed by atoms with Crippen molar-refractivity contribution in [1.82, 2.24) is 0 Å². The molecule has 7 nitrogen and oxygen atoms in total. The number of rotatable bonds is 3. The van der Waals surface area contributed by atoms with Gasteiger partial charge in [-0.25, -0.2) is 0 Å². The molecule has 1 heterocycles. The lowest BCUT2D eigenvalue weighted by Gasteiger charge is -2.00. The Morgan fingerprint density at radius 1 is 0.893 bits per heavy atom. The quantitative estimate of drug-likeness (QED) is 0.307. The van der Waals surface area contributed by atoms with Crippen LogP contribution in [0.15, 0.2) is 70.9 Å². The maximum atomic E-state index is 11.4. The average Bonchev–Trinajstić information content (AvgIpc) is 3.30. The molecule has 0 N–H and O–H groups in total. The summed E-state index contributed by atoms with van der Waals surface area (Å²) in [6.07, 6.45) is 1.37. The van der Waals surface area contributed by atoms with E-state index in [2.05, 4.69) is 10.2 Å². The highest BCUT2D eigenvalue weighted by atomic mass is 16.7. The fourth-order valence-corrected chi connectivity index (χ4v) is 3.46. The van der Waals surface area contributed by atoms with Crippen molar-refractivity contribution in [3.05, 3.63) is 87.5 Å². The highest BCUT2D eigenvalue weighted by Gasteiger charge is 2.25. The molecule has 0 fully saturated rings. The van der Waals surface area contributed by atoms with Crippen molar-refractivity contribution in [1.29, 1.82) is 0 Å². The first-order valence-corrected chi connectivity index (χ1v) is 8.60. The predicted octanol–water partition coefficient (Wildman–Crippen LogP) is 4.18. The Kier molecular flexibility index (Phi) is 3.65. The van der Waals surface area contributed by atoms with Crippen LogP contribution in [0.2, 0.25) is 0 Å². The van der Waals surface area contributed by atoms with Gasteiger partial charge in [-0.1, -0.05) is 48.5 Å². The molecular weight excluding hydrogens is 358 g/mol. The molecule has 0 saturated carbocycles. The van der Waals surface area contributed by atoms with E-state index in [0.29, 0.717) is 17.1 Å². The van der Waals surface area contributed by atoms with Crippen LogP contribution >= 0.6 is 0 Å². The highest BCUT2D eigenvalue weighted by Crippen LogP contribution is 2.38. The Labute approximate surface area is 159 Å². The number of nitrogens with zero attached hydrogens (tertiary/aromatic N) is 3. The van der Waals surface area contributed by atoms with Crippen molar-refractivity contribution in [3.8, 4) is 22.6 Å². The molecule has 7 heteroatoms. The van der Waals surface area contributed by atoms with Crippen LogP contribution in [0.4, 0.5) is 5.69 Å². The third-order valence-electron chi connectivity index (χ3n) is 4.73. The van der Waals surface area contributed by atoms with Gasteiger partial charge in [0.15, 0.2) is 11.5 Å². The molecule has 0 radical (unpaired) electrons. The summed E-state index contributed by atoms with van der Waals surface area (Å²) in [6.45, 7) is 0.0446. The van der Waals surface area contributed by atoms with Crippen LogP contribution in [0.5, 0.6) is 11.5 Å². The van der Waals surface area contributed by atoms with Crippen molar-refractivity contribution in [3.63, 3.8) is 0 Å². The van der Waals surface area contributed by atoms with Gasteiger partial charge in [0.1, 0.15) is 5.71 Å². The van der Waals surface area contributed by atoms with E-state index in [1.54, 1.807) is 6.07 Å². The molecular formula is C21H13N3O4. The van der Waals surface area contributed by atoms with Crippen LogP contribution in [-0.2, 0) is 0 Å². The van der Waals surface area contributed by atoms with Crippen molar-refractivity contribution in [2.75, 3.05) is 6.79 Å². The van der Waals surface area contributed by atoms with Crippen molar-refractivity contribution >= 4 is 17.6 Å². The second kappa shape index (κ2) is 6.31. The molecule has 0 bridgehead atoms. The van der Waals surface area contributed by atoms with E-state index < -0.39 is 4.92 Å². The molecule has 1 aliphatic carbocycles. The monoisotopic (exact) mass is 371 g/mol. The van der Waals surface area contributed by atoms with Gasteiger partial charge in [-0.3, -0.25) is 10.1 Å². The number of nitro groups is 1. The molecule has 28 heavy (non-hydrogen) atoms. The van der Waals surface area contributed by atoms with Gasteiger partial charge < -0.3 is 9.47 Å². The Morgan fingerprint density at radius 3 is 2.07 bits per heavy atom. The maximum Gasteiger partial charge on any atom is 0.282 e. The van der Waals surface area contributed by atoms with Gasteiger partial charge in [0.2, 0.25) is 6.79 Å². The summed E-state index contributed by atoms with van der Waals surface area (Å²) in [7, 11) is 0. The molecule has 136 valence electrons. The fraction of sp³-hybridized carbons (Fsp3) is 0.0476. The lowest BCUT2D eigenvalue weighted by atomic mass is 10.1. The Balaban J connectivity index is 1.57. The number of benzene rings is 3. The van der Waals surface area contributed by atoms with Crippen molar-refractivity contribution in [2.45, 2.75) is 0 Å². The molecule has 3 aromatic carbocycles. The van der Waals surface area contributed by atoms with E-state index >= 15 is 0 Å².